The Morgan fingerprint density at radius 1 is 1.37 bits per heavy atom. The monoisotopic (exact) mass is 304 g/mol. The van der Waals surface area contributed by atoms with Crippen molar-refractivity contribution in [3.8, 4) is 0 Å². The summed E-state index contributed by atoms with van der Waals surface area (Å²) in [5.41, 5.74) is 2.15. The third kappa shape index (κ3) is 3.84. The van der Waals surface area contributed by atoms with Gasteiger partial charge in [0.05, 0.1) is 5.69 Å². The van der Waals surface area contributed by atoms with Gasteiger partial charge in [0.1, 0.15) is 0 Å². The minimum absolute atomic E-state index is 0.0881. The van der Waals surface area contributed by atoms with E-state index < -0.39 is 11.0 Å². The smallest absolute Gasteiger partial charge is 0.162 e. The summed E-state index contributed by atoms with van der Waals surface area (Å²) >= 11 is 5.58. The third-order valence-corrected chi connectivity index (χ3v) is 4.25. The van der Waals surface area contributed by atoms with Crippen LogP contribution in [0.15, 0.2) is 18.2 Å². The molecule has 1 aliphatic rings. The number of ketones is 1. The maximum Gasteiger partial charge on any atom is 0.162 e. The minimum atomic E-state index is -2.95. The molecule has 0 spiro atoms. The predicted octanol–water partition coefficient (Wildman–Crippen LogP) is 3.37. The van der Waals surface area contributed by atoms with Gasteiger partial charge in [-0.15, -0.1) is 11.6 Å². The lowest BCUT2D eigenvalue weighted by atomic mass is 10.0. The van der Waals surface area contributed by atoms with Gasteiger partial charge in [-0.05, 0) is 36.6 Å². The molecule has 0 amide bonds. The van der Waals surface area contributed by atoms with Crippen LogP contribution >= 0.6 is 22.6 Å². The van der Waals surface area contributed by atoms with Gasteiger partial charge in [-0.2, -0.15) is 4.72 Å². The number of rotatable bonds is 5. The van der Waals surface area contributed by atoms with Gasteiger partial charge in [-0.25, -0.2) is 0 Å². The molecule has 1 aromatic rings. The van der Waals surface area contributed by atoms with E-state index in [0.717, 1.165) is 18.4 Å². The number of fused-ring (bicyclic) bond motifs is 1. The molecule has 4 N–H and O–H groups in total. The second kappa shape index (κ2) is 6.11. The Kier molecular flexibility index (Phi) is 4.70. The van der Waals surface area contributed by atoms with Gasteiger partial charge in [0, 0.05) is 24.4 Å². The first-order valence-electron chi connectivity index (χ1n) is 6.04. The van der Waals surface area contributed by atoms with Crippen LogP contribution in [-0.2, 0) is 6.54 Å². The van der Waals surface area contributed by atoms with Crippen molar-refractivity contribution in [1.82, 2.24) is 4.72 Å². The molecule has 1 heterocycles. The molecule has 0 bridgehead atoms. The van der Waals surface area contributed by atoms with E-state index in [0.29, 0.717) is 30.1 Å². The first kappa shape index (κ1) is 14.6. The van der Waals surface area contributed by atoms with E-state index in [1.54, 1.807) is 18.2 Å². The van der Waals surface area contributed by atoms with Crippen molar-refractivity contribution in [1.29, 1.82) is 0 Å². The lowest BCUT2D eigenvalue weighted by molar-refractivity contribution is 0.0980. The van der Waals surface area contributed by atoms with Crippen LogP contribution < -0.4 is 9.44 Å². The molecule has 2 rings (SSSR count). The van der Waals surface area contributed by atoms with Crippen LogP contribution in [0.25, 0.3) is 0 Å². The number of carbonyl (C=O) groups is 1. The Hall–Kier alpha value is -0.790. The van der Waals surface area contributed by atoms with Crippen molar-refractivity contribution in [2.24, 2.45) is 0 Å². The lowest BCUT2D eigenvalue weighted by Crippen LogP contribution is -2.30. The molecule has 1 aromatic carbocycles. The zero-order chi connectivity index (χ0) is 13.9. The summed E-state index contributed by atoms with van der Waals surface area (Å²) in [6.07, 6.45) is 2.11. The van der Waals surface area contributed by atoms with Gasteiger partial charge in [0.2, 0.25) is 0 Å². The van der Waals surface area contributed by atoms with Crippen molar-refractivity contribution < 1.29 is 13.9 Å². The molecule has 7 heteroatoms. The van der Waals surface area contributed by atoms with Crippen LogP contribution in [0.3, 0.4) is 0 Å². The highest BCUT2D eigenvalue weighted by Gasteiger charge is 2.20. The molecule has 0 unspecified atom stereocenters. The lowest BCUT2D eigenvalue weighted by Gasteiger charge is -2.38. The van der Waals surface area contributed by atoms with Gasteiger partial charge in [-0.1, -0.05) is 11.0 Å². The second-order valence-corrected chi connectivity index (χ2v) is 6.38. The van der Waals surface area contributed by atoms with Gasteiger partial charge >= 0.3 is 0 Å². The normalized spacial score (nSPS) is 18.3. The van der Waals surface area contributed by atoms with Crippen LogP contribution in [0.4, 0.5) is 5.69 Å². The van der Waals surface area contributed by atoms with Crippen molar-refractivity contribution in [2.75, 3.05) is 10.6 Å². The molecule has 106 valence electrons. The van der Waals surface area contributed by atoms with Gasteiger partial charge in [-0.3, -0.25) is 18.6 Å². The Morgan fingerprint density at radius 2 is 2.16 bits per heavy atom. The number of anilines is 1. The van der Waals surface area contributed by atoms with E-state index >= 15 is 0 Å². The average Bonchev–Trinajstić information content (AvgIpc) is 2.37. The highest BCUT2D eigenvalue weighted by Crippen LogP contribution is 2.40. The molecule has 0 atom stereocenters. The molecular weight excluding hydrogens is 288 g/mol. The Balaban J connectivity index is 2.07. The van der Waals surface area contributed by atoms with Crippen molar-refractivity contribution >= 4 is 34.0 Å². The van der Waals surface area contributed by atoms with Crippen LogP contribution in [0.5, 0.6) is 0 Å². The number of nitrogens with one attached hydrogen (secondary N) is 2. The quantitative estimate of drug-likeness (QED) is 0.381. The van der Waals surface area contributed by atoms with Gasteiger partial charge in [0.25, 0.3) is 0 Å². The van der Waals surface area contributed by atoms with Gasteiger partial charge < -0.3 is 0 Å². The molecule has 0 saturated carbocycles. The number of benzene rings is 1. The first-order valence-corrected chi connectivity index (χ1v) is 8.12. The number of alkyl halides is 1. The number of unbranched alkanes of at least 4 members (excludes halogenated alkanes) is 1. The molecule has 5 nitrogen and oxygen atoms in total. The molecule has 0 aromatic heterocycles. The number of halogens is 1. The summed E-state index contributed by atoms with van der Waals surface area (Å²) < 4.78 is 24.2. The SMILES string of the molecule is O=C(CCCCCl)c1ccc2c(c1)CNS(O)(O)N2. The number of carbonyl (C=O) groups excluding carboxylic acids is 1. The van der Waals surface area contributed by atoms with Gasteiger partial charge in [0.15, 0.2) is 5.78 Å². The van der Waals surface area contributed by atoms with E-state index in [2.05, 4.69) is 9.44 Å². The molecule has 0 saturated heterocycles. The first-order chi connectivity index (χ1) is 9.02. The molecular formula is C12H17ClN2O3S. The van der Waals surface area contributed by atoms with Crippen LogP contribution in [0.2, 0.25) is 0 Å². The van der Waals surface area contributed by atoms with E-state index in [-0.39, 0.29) is 5.78 Å². The molecule has 0 fully saturated rings. The maximum atomic E-state index is 12.0. The van der Waals surface area contributed by atoms with E-state index in [9.17, 15) is 13.9 Å². The molecule has 19 heavy (non-hydrogen) atoms. The van der Waals surface area contributed by atoms with Crippen LogP contribution in [0.1, 0.15) is 35.2 Å². The summed E-state index contributed by atoms with van der Waals surface area (Å²) in [7, 11) is -2.95. The fourth-order valence-electron chi connectivity index (χ4n) is 1.91. The second-order valence-electron chi connectivity index (χ2n) is 4.41. The average molecular weight is 305 g/mol. The fraction of sp³-hybridized carbons (Fsp3) is 0.417. The van der Waals surface area contributed by atoms with E-state index in [1.807, 2.05) is 0 Å². The number of Topliss-reactive ketones (excluding diaryl/α,β-unsaturated/α-hetero) is 1. The summed E-state index contributed by atoms with van der Waals surface area (Å²) in [4.78, 5) is 12.0. The van der Waals surface area contributed by atoms with E-state index in [1.165, 1.54) is 0 Å². The maximum absolute atomic E-state index is 12.0. The predicted molar refractivity (Wildman–Crippen MR) is 78.7 cm³/mol. The number of hydrogen-bond acceptors (Lipinski definition) is 5. The minimum Gasteiger partial charge on any atom is -0.294 e. The van der Waals surface area contributed by atoms with Crippen LogP contribution in [-0.4, -0.2) is 20.8 Å². The zero-order valence-electron chi connectivity index (χ0n) is 10.4. The molecule has 1 aliphatic heterocycles. The summed E-state index contributed by atoms with van der Waals surface area (Å²) in [5, 5.41) is 0. The Morgan fingerprint density at radius 3 is 2.89 bits per heavy atom. The van der Waals surface area contributed by atoms with Crippen molar-refractivity contribution in [2.45, 2.75) is 25.8 Å². The summed E-state index contributed by atoms with van der Waals surface area (Å²) in [6.45, 7) is 0.327. The summed E-state index contributed by atoms with van der Waals surface area (Å²) in [6, 6.07) is 5.20. The van der Waals surface area contributed by atoms with Crippen molar-refractivity contribution in [3.63, 3.8) is 0 Å². The topological polar surface area (TPSA) is 81.6 Å². The highest BCUT2D eigenvalue weighted by molar-refractivity contribution is 8.23. The Labute approximate surface area is 119 Å². The largest absolute Gasteiger partial charge is 0.294 e. The molecule has 0 radical (unpaired) electrons. The standard InChI is InChI=1S/C12H17ClN2O3S/c13-6-2-1-3-12(16)9-4-5-11-10(7-9)8-14-19(17,18)15-11/h4-5,7,14-15,17-18H,1-3,6,8H2. The number of hydrogen-bond donors (Lipinski definition) is 4. The Bertz CT molecular complexity index is 482. The fourth-order valence-corrected chi connectivity index (χ4v) is 3.03. The summed E-state index contributed by atoms with van der Waals surface area (Å²) in [5.74, 6) is 0.661. The van der Waals surface area contributed by atoms with E-state index in [4.69, 9.17) is 11.6 Å². The van der Waals surface area contributed by atoms with Crippen molar-refractivity contribution in [3.05, 3.63) is 29.3 Å². The highest BCUT2D eigenvalue weighted by atomic mass is 35.5. The van der Waals surface area contributed by atoms with Crippen LogP contribution in [0, 0.1) is 0 Å². The zero-order valence-corrected chi connectivity index (χ0v) is 11.9. The molecule has 0 aliphatic carbocycles. The third-order valence-electron chi connectivity index (χ3n) is 2.93.